The normalized spacial score (nSPS) is 13.8. The lowest BCUT2D eigenvalue weighted by molar-refractivity contribution is -0.115. The predicted molar refractivity (Wildman–Crippen MR) is 111 cm³/mol. The Hall–Kier alpha value is -2.87. The van der Waals surface area contributed by atoms with Gasteiger partial charge in [-0.05, 0) is 43.5 Å². The van der Waals surface area contributed by atoms with Crippen molar-refractivity contribution in [1.82, 2.24) is 10.1 Å². The van der Waals surface area contributed by atoms with E-state index in [9.17, 15) is 4.79 Å². The first kappa shape index (κ1) is 19.4. The molecule has 1 N–H and O–H groups in total. The largest absolute Gasteiger partial charge is 0.497 e. The molecular weight excluding hydrogens is 390 g/mol. The molecule has 1 aromatic carbocycles. The Morgan fingerprint density at radius 2 is 1.93 bits per heavy atom. The van der Waals surface area contributed by atoms with E-state index in [-0.39, 0.29) is 12.3 Å². The number of nitrogens with zero attached hydrogens (tertiary/aromatic N) is 2. The average molecular weight is 413 g/mol. The second kappa shape index (κ2) is 8.24. The monoisotopic (exact) mass is 413 g/mol. The van der Waals surface area contributed by atoms with Crippen molar-refractivity contribution in [2.75, 3.05) is 19.5 Å². The summed E-state index contributed by atoms with van der Waals surface area (Å²) < 4.78 is 15.9. The molecule has 0 atom stereocenters. The molecule has 0 aliphatic heterocycles. The van der Waals surface area contributed by atoms with Crippen LogP contribution < -0.4 is 14.8 Å². The molecule has 152 valence electrons. The van der Waals surface area contributed by atoms with Crippen LogP contribution in [0.25, 0.3) is 10.7 Å². The number of nitrogens with one attached hydrogen (secondary N) is 1. The number of amides is 1. The maximum absolute atomic E-state index is 12.6. The van der Waals surface area contributed by atoms with Crippen LogP contribution in [0.5, 0.6) is 11.5 Å². The number of hydrogen-bond donors (Lipinski definition) is 1. The quantitative estimate of drug-likeness (QED) is 0.610. The summed E-state index contributed by atoms with van der Waals surface area (Å²) in [6, 6.07) is 7.34. The summed E-state index contributed by atoms with van der Waals surface area (Å²) in [7, 11) is 3.17. The number of anilines is 1. The molecule has 1 saturated carbocycles. The van der Waals surface area contributed by atoms with Crippen LogP contribution in [0, 0.1) is 6.92 Å². The minimum atomic E-state index is -0.115. The van der Waals surface area contributed by atoms with Crippen LogP contribution in [0.15, 0.2) is 28.8 Å². The summed E-state index contributed by atoms with van der Waals surface area (Å²) in [6.45, 7) is 1.96. The molecule has 0 radical (unpaired) electrons. The number of thiophene rings is 1. The SMILES string of the molecule is COc1cc(CC(=O)Nc2cc(-c3noc(C4CCC4)n3)sc2C)cc(OC)c1. The summed E-state index contributed by atoms with van der Waals surface area (Å²) in [5.74, 6) is 2.89. The Morgan fingerprint density at radius 1 is 1.21 bits per heavy atom. The molecule has 0 spiro atoms. The molecule has 0 saturated heterocycles. The maximum Gasteiger partial charge on any atom is 0.230 e. The number of carbonyl (C=O) groups excluding carboxylic acids is 1. The van der Waals surface area contributed by atoms with E-state index in [0.29, 0.717) is 23.2 Å². The third-order valence-corrected chi connectivity index (χ3v) is 6.13. The molecule has 1 amide bonds. The summed E-state index contributed by atoms with van der Waals surface area (Å²) in [4.78, 5) is 19.0. The number of hydrogen-bond acceptors (Lipinski definition) is 7. The Bertz CT molecular complexity index is 1000. The van der Waals surface area contributed by atoms with Crippen molar-refractivity contribution in [2.45, 2.75) is 38.5 Å². The van der Waals surface area contributed by atoms with Gasteiger partial charge in [0.1, 0.15) is 11.5 Å². The van der Waals surface area contributed by atoms with E-state index in [1.54, 1.807) is 20.3 Å². The molecule has 8 heteroatoms. The molecule has 7 nitrogen and oxygen atoms in total. The lowest BCUT2D eigenvalue weighted by Crippen LogP contribution is -2.14. The summed E-state index contributed by atoms with van der Waals surface area (Å²) in [6.07, 6.45) is 3.66. The van der Waals surface area contributed by atoms with Gasteiger partial charge in [-0.15, -0.1) is 11.3 Å². The third kappa shape index (κ3) is 4.27. The van der Waals surface area contributed by atoms with Crippen LogP contribution in [-0.2, 0) is 11.2 Å². The topological polar surface area (TPSA) is 86.5 Å². The molecule has 3 aromatic rings. The maximum atomic E-state index is 12.6. The van der Waals surface area contributed by atoms with Gasteiger partial charge in [0.05, 0.1) is 31.2 Å². The number of aryl methyl sites for hydroxylation is 1. The smallest absolute Gasteiger partial charge is 0.230 e. The molecule has 1 fully saturated rings. The number of methoxy groups -OCH3 is 2. The highest BCUT2D eigenvalue weighted by Crippen LogP contribution is 2.38. The molecule has 2 aromatic heterocycles. The number of rotatable bonds is 7. The van der Waals surface area contributed by atoms with Crippen LogP contribution in [0.1, 0.15) is 41.5 Å². The molecule has 1 aliphatic carbocycles. The molecule has 29 heavy (non-hydrogen) atoms. The van der Waals surface area contributed by atoms with Gasteiger partial charge in [-0.2, -0.15) is 4.98 Å². The van der Waals surface area contributed by atoms with Crippen molar-refractivity contribution in [3.05, 3.63) is 40.6 Å². The average Bonchev–Trinajstić information content (AvgIpc) is 3.27. The molecular formula is C21H23N3O4S. The fraction of sp³-hybridized carbons (Fsp3) is 0.381. The lowest BCUT2D eigenvalue weighted by Gasteiger charge is -2.20. The van der Waals surface area contributed by atoms with Crippen molar-refractivity contribution >= 4 is 22.9 Å². The van der Waals surface area contributed by atoms with Gasteiger partial charge < -0.3 is 19.3 Å². The van der Waals surface area contributed by atoms with Crippen LogP contribution in [-0.4, -0.2) is 30.3 Å². The first-order valence-corrected chi connectivity index (χ1v) is 10.3. The third-order valence-electron chi connectivity index (χ3n) is 5.08. The second-order valence-corrected chi connectivity index (χ2v) is 8.37. The highest BCUT2D eigenvalue weighted by atomic mass is 32.1. The fourth-order valence-electron chi connectivity index (χ4n) is 3.22. The van der Waals surface area contributed by atoms with Crippen molar-refractivity contribution in [1.29, 1.82) is 0 Å². The van der Waals surface area contributed by atoms with E-state index in [2.05, 4.69) is 15.5 Å². The van der Waals surface area contributed by atoms with Crippen LogP contribution in [0.4, 0.5) is 5.69 Å². The van der Waals surface area contributed by atoms with E-state index in [4.69, 9.17) is 14.0 Å². The molecule has 2 heterocycles. The summed E-state index contributed by atoms with van der Waals surface area (Å²) in [5, 5.41) is 7.09. The van der Waals surface area contributed by atoms with Crippen molar-refractivity contribution in [3.8, 4) is 22.2 Å². The molecule has 4 rings (SSSR count). The Kier molecular flexibility index (Phi) is 5.53. The van der Waals surface area contributed by atoms with Gasteiger partial charge in [-0.1, -0.05) is 11.6 Å². The van der Waals surface area contributed by atoms with Gasteiger partial charge in [0.25, 0.3) is 0 Å². The van der Waals surface area contributed by atoms with E-state index >= 15 is 0 Å². The fourth-order valence-corrected chi connectivity index (χ4v) is 4.12. The first-order valence-electron chi connectivity index (χ1n) is 9.52. The van der Waals surface area contributed by atoms with Gasteiger partial charge in [-0.3, -0.25) is 4.79 Å². The number of benzene rings is 1. The Labute approximate surface area is 173 Å². The minimum Gasteiger partial charge on any atom is -0.497 e. The first-order chi connectivity index (χ1) is 14.1. The summed E-state index contributed by atoms with van der Waals surface area (Å²) >= 11 is 1.54. The zero-order valence-electron chi connectivity index (χ0n) is 16.7. The zero-order chi connectivity index (χ0) is 20.4. The van der Waals surface area contributed by atoms with Gasteiger partial charge in [0.15, 0.2) is 0 Å². The zero-order valence-corrected chi connectivity index (χ0v) is 17.5. The lowest BCUT2D eigenvalue weighted by atomic mass is 9.85. The molecule has 0 bridgehead atoms. The Balaban J connectivity index is 1.45. The summed E-state index contributed by atoms with van der Waals surface area (Å²) in [5.41, 5.74) is 1.58. The molecule has 0 unspecified atom stereocenters. The predicted octanol–water partition coefficient (Wildman–Crippen LogP) is 4.57. The van der Waals surface area contributed by atoms with Gasteiger partial charge in [-0.25, -0.2) is 0 Å². The van der Waals surface area contributed by atoms with Gasteiger partial charge >= 0.3 is 0 Å². The van der Waals surface area contributed by atoms with E-state index in [1.165, 1.54) is 17.8 Å². The van der Waals surface area contributed by atoms with Crippen LogP contribution >= 0.6 is 11.3 Å². The van der Waals surface area contributed by atoms with Crippen molar-refractivity contribution in [2.24, 2.45) is 0 Å². The molecule has 1 aliphatic rings. The Morgan fingerprint density at radius 3 is 2.55 bits per heavy atom. The van der Waals surface area contributed by atoms with Crippen LogP contribution in [0.2, 0.25) is 0 Å². The van der Waals surface area contributed by atoms with Crippen molar-refractivity contribution in [3.63, 3.8) is 0 Å². The van der Waals surface area contributed by atoms with Crippen LogP contribution in [0.3, 0.4) is 0 Å². The van der Waals surface area contributed by atoms with E-state index < -0.39 is 0 Å². The van der Waals surface area contributed by atoms with E-state index in [0.717, 1.165) is 39.7 Å². The van der Waals surface area contributed by atoms with Gasteiger partial charge in [0, 0.05) is 16.9 Å². The minimum absolute atomic E-state index is 0.115. The highest BCUT2D eigenvalue weighted by molar-refractivity contribution is 7.16. The number of carbonyl (C=O) groups is 1. The number of ether oxygens (including phenoxy) is 2. The van der Waals surface area contributed by atoms with E-state index in [1.807, 2.05) is 25.1 Å². The standard InChI is InChI=1S/C21H23N3O4S/c1-12-17(11-18(29-12)20-23-21(28-24-20)14-5-4-6-14)22-19(25)9-13-7-15(26-2)10-16(8-13)27-3/h7-8,10-11,14H,4-6,9H2,1-3H3,(H,22,25). The number of aromatic nitrogens is 2. The van der Waals surface area contributed by atoms with Gasteiger partial charge in [0.2, 0.25) is 17.6 Å². The van der Waals surface area contributed by atoms with Crippen molar-refractivity contribution < 1.29 is 18.8 Å². The highest BCUT2D eigenvalue weighted by Gasteiger charge is 2.26. The second-order valence-electron chi connectivity index (χ2n) is 7.11.